The summed E-state index contributed by atoms with van der Waals surface area (Å²) in [5, 5.41) is 10.8. The van der Waals surface area contributed by atoms with Gasteiger partial charge in [-0.25, -0.2) is 9.78 Å². The van der Waals surface area contributed by atoms with Gasteiger partial charge in [0.05, 0.1) is 5.56 Å². The number of carbonyl (C=O) groups excluding carboxylic acids is 2. The highest BCUT2D eigenvalue weighted by Crippen LogP contribution is 2.23. The Balaban J connectivity index is 1.82. The highest BCUT2D eigenvalue weighted by molar-refractivity contribution is 7.12. The van der Waals surface area contributed by atoms with Crippen LogP contribution in [0, 0.1) is 13.8 Å². The number of anilines is 2. The van der Waals surface area contributed by atoms with Crippen molar-refractivity contribution in [2.45, 2.75) is 13.8 Å². The van der Waals surface area contributed by atoms with Crippen LogP contribution in [-0.4, -0.2) is 28.5 Å². The van der Waals surface area contributed by atoms with Gasteiger partial charge < -0.3 is 16.0 Å². The molecule has 0 aliphatic rings. The summed E-state index contributed by atoms with van der Waals surface area (Å²) in [6.45, 7) is 3.84. The molecule has 0 aliphatic carbocycles. The number of benzene rings is 1. The molecule has 1 aromatic carbocycles. The van der Waals surface area contributed by atoms with Gasteiger partial charge in [0.1, 0.15) is 0 Å². The zero-order chi connectivity index (χ0) is 18.7. The number of aryl methyl sites for hydroxylation is 1. The molecule has 3 amide bonds. The second-order valence-electron chi connectivity index (χ2n) is 5.67. The van der Waals surface area contributed by atoms with E-state index in [2.05, 4.69) is 20.9 Å². The maximum absolute atomic E-state index is 12.7. The van der Waals surface area contributed by atoms with E-state index in [1.54, 1.807) is 37.5 Å². The van der Waals surface area contributed by atoms with Crippen molar-refractivity contribution in [3.63, 3.8) is 0 Å². The van der Waals surface area contributed by atoms with Crippen molar-refractivity contribution in [1.29, 1.82) is 0 Å². The minimum atomic E-state index is -0.319. The van der Waals surface area contributed by atoms with Gasteiger partial charge >= 0.3 is 6.03 Å². The number of amides is 3. The van der Waals surface area contributed by atoms with Crippen molar-refractivity contribution in [1.82, 2.24) is 14.9 Å². The van der Waals surface area contributed by atoms with Crippen molar-refractivity contribution >= 4 is 34.6 Å². The summed E-state index contributed by atoms with van der Waals surface area (Å²) in [4.78, 5) is 28.5. The topological polar surface area (TPSA) is 88.0 Å². The van der Waals surface area contributed by atoms with Crippen LogP contribution in [0.15, 0.2) is 41.9 Å². The fraction of sp³-hybridized carbons (Fsp3) is 0.167. The van der Waals surface area contributed by atoms with E-state index in [1.807, 2.05) is 29.9 Å². The fourth-order valence-electron chi connectivity index (χ4n) is 2.68. The Morgan fingerprint density at radius 1 is 1.12 bits per heavy atom. The number of nitrogens with one attached hydrogen (secondary N) is 3. The van der Waals surface area contributed by atoms with Gasteiger partial charge in [-0.1, -0.05) is 6.07 Å². The van der Waals surface area contributed by atoms with E-state index in [-0.39, 0.29) is 11.9 Å². The average molecular weight is 369 g/mol. The maximum atomic E-state index is 12.7. The lowest BCUT2D eigenvalue weighted by atomic mass is 10.2. The number of hydrogen-bond donors (Lipinski definition) is 3. The minimum Gasteiger partial charge on any atom is -0.341 e. The van der Waals surface area contributed by atoms with E-state index in [0.29, 0.717) is 16.9 Å². The third-order valence-electron chi connectivity index (χ3n) is 3.89. The summed E-state index contributed by atoms with van der Waals surface area (Å²) in [6.07, 6.45) is 1.74. The van der Waals surface area contributed by atoms with E-state index in [9.17, 15) is 9.59 Å². The number of thiazole rings is 1. The SMILES string of the molecule is CNC(=O)Nc1cccc(NC(=O)c2cc(C)n(-c3nccs3)c2C)c1. The third-order valence-corrected chi connectivity index (χ3v) is 4.65. The largest absolute Gasteiger partial charge is 0.341 e. The van der Waals surface area contributed by atoms with Crippen molar-refractivity contribution in [3.8, 4) is 5.13 Å². The zero-order valence-electron chi connectivity index (χ0n) is 14.7. The van der Waals surface area contributed by atoms with E-state index < -0.39 is 0 Å². The lowest BCUT2D eigenvalue weighted by Crippen LogP contribution is -2.24. The summed E-state index contributed by atoms with van der Waals surface area (Å²) in [6, 6.07) is 8.51. The molecule has 7 nitrogen and oxygen atoms in total. The first-order valence-corrected chi connectivity index (χ1v) is 8.86. The van der Waals surface area contributed by atoms with Crippen LogP contribution < -0.4 is 16.0 Å². The summed E-state index contributed by atoms with van der Waals surface area (Å²) in [5.74, 6) is -0.210. The molecule has 0 fully saturated rings. The van der Waals surface area contributed by atoms with Gasteiger partial charge in [0.15, 0.2) is 5.13 Å². The maximum Gasteiger partial charge on any atom is 0.318 e. The molecule has 2 aromatic heterocycles. The van der Waals surface area contributed by atoms with Crippen molar-refractivity contribution in [2.75, 3.05) is 17.7 Å². The Bertz CT molecular complexity index is 947. The molecule has 26 heavy (non-hydrogen) atoms. The predicted octanol–water partition coefficient (Wildman–Crippen LogP) is 3.55. The molecule has 0 saturated heterocycles. The lowest BCUT2D eigenvalue weighted by Gasteiger charge is -2.09. The Hall–Kier alpha value is -3.13. The summed E-state index contributed by atoms with van der Waals surface area (Å²) < 4.78 is 1.96. The van der Waals surface area contributed by atoms with Crippen LogP contribution in [0.1, 0.15) is 21.7 Å². The summed E-state index contributed by atoms with van der Waals surface area (Å²) >= 11 is 1.52. The Morgan fingerprint density at radius 3 is 2.50 bits per heavy atom. The van der Waals surface area contributed by atoms with Crippen LogP contribution in [0.2, 0.25) is 0 Å². The van der Waals surface area contributed by atoms with Gasteiger partial charge in [-0.3, -0.25) is 9.36 Å². The first kappa shape index (κ1) is 17.7. The van der Waals surface area contributed by atoms with Crippen LogP contribution in [0.25, 0.3) is 5.13 Å². The van der Waals surface area contributed by atoms with Crippen molar-refractivity contribution in [2.24, 2.45) is 0 Å². The van der Waals surface area contributed by atoms with Gasteiger partial charge in [0.25, 0.3) is 5.91 Å². The zero-order valence-corrected chi connectivity index (χ0v) is 15.5. The van der Waals surface area contributed by atoms with Crippen LogP contribution >= 0.6 is 11.3 Å². The predicted molar refractivity (Wildman–Crippen MR) is 103 cm³/mol. The number of urea groups is 1. The van der Waals surface area contributed by atoms with Crippen molar-refractivity contribution in [3.05, 3.63) is 58.9 Å². The molecule has 0 spiro atoms. The van der Waals surface area contributed by atoms with Gasteiger partial charge in [0.2, 0.25) is 0 Å². The number of aromatic nitrogens is 2. The van der Waals surface area contributed by atoms with Gasteiger partial charge in [-0.15, -0.1) is 11.3 Å². The van der Waals surface area contributed by atoms with Gasteiger partial charge in [-0.2, -0.15) is 0 Å². The molecule has 0 radical (unpaired) electrons. The van der Waals surface area contributed by atoms with E-state index in [1.165, 1.54) is 11.3 Å². The first-order chi connectivity index (χ1) is 12.5. The molecular formula is C18H19N5O2S. The Labute approximate surface area is 155 Å². The van der Waals surface area contributed by atoms with E-state index in [4.69, 9.17) is 0 Å². The van der Waals surface area contributed by atoms with Crippen LogP contribution in [0.5, 0.6) is 0 Å². The monoisotopic (exact) mass is 369 g/mol. The standard InChI is InChI=1S/C18H19N5O2S/c1-11-9-15(12(2)23(11)18-20-7-8-26-18)16(24)21-13-5-4-6-14(10-13)22-17(25)19-3/h4-10H,1-3H3,(H,21,24)(H2,19,22,25). The molecule has 0 atom stereocenters. The van der Waals surface area contributed by atoms with Crippen LogP contribution in [0.4, 0.5) is 16.2 Å². The second-order valence-corrected chi connectivity index (χ2v) is 6.55. The van der Waals surface area contributed by atoms with E-state index >= 15 is 0 Å². The average Bonchev–Trinajstić information content (AvgIpc) is 3.22. The molecular weight excluding hydrogens is 350 g/mol. The smallest absolute Gasteiger partial charge is 0.318 e. The Kier molecular flexibility index (Phi) is 5.04. The molecule has 0 aliphatic heterocycles. The number of rotatable bonds is 4. The van der Waals surface area contributed by atoms with Crippen LogP contribution in [-0.2, 0) is 0 Å². The lowest BCUT2D eigenvalue weighted by molar-refractivity contribution is 0.102. The highest BCUT2D eigenvalue weighted by Gasteiger charge is 2.18. The Morgan fingerprint density at radius 2 is 1.85 bits per heavy atom. The molecule has 0 unspecified atom stereocenters. The summed E-state index contributed by atoms with van der Waals surface area (Å²) in [7, 11) is 1.54. The third kappa shape index (κ3) is 3.60. The first-order valence-electron chi connectivity index (χ1n) is 7.98. The normalized spacial score (nSPS) is 10.4. The quantitative estimate of drug-likeness (QED) is 0.657. The molecule has 2 heterocycles. The van der Waals surface area contributed by atoms with Gasteiger partial charge in [0, 0.05) is 41.4 Å². The molecule has 8 heteroatoms. The second kappa shape index (κ2) is 7.40. The molecule has 3 rings (SSSR count). The minimum absolute atomic E-state index is 0.210. The number of nitrogens with zero attached hydrogens (tertiary/aromatic N) is 2. The van der Waals surface area contributed by atoms with Gasteiger partial charge in [-0.05, 0) is 38.1 Å². The summed E-state index contributed by atoms with van der Waals surface area (Å²) in [5.41, 5.74) is 3.55. The molecule has 0 saturated carbocycles. The molecule has 3 N–H and O–H groups in total. The molecule has 3 aromatic rings. The number of hydrogen-bond acceptors (Lipinski definition) is 4. The molecule has 0 bridgehead atoms. The van der Waals surface area contributed by atoms with Crippen LogP contribution in [0.3, 0.4) is 0 Å². The molecule has 134 valence electrons. The fourth-order valence-corrected chi connectivity index (χ4v) is 3.43. The van der Waals surface area contributed by atoms with E-state index in [0.717, 1.165) is 16.5 Å². The highest BCUT2D eigenvalue weighted by atomic mass is 32.1. The van der Waals surface area contributed by atoms with Crippen molar-refractivity contribution < 1.29 is 9.59 Å². The number of carbonyl (C=O) groups is 2.